The summed E-state index contributed by atoms with van der Waals surface area (Å²) >= 11 is 0. The third-order valence-electron chi connectivity index (χ3n) is 4.60. The molecule has 0 aromatic heterocycles. The number of rotatable bonds is 8. The van der Waals surface area contributed by atoms with Gasteiger partial charge in [-0.2, -0.15) is 0 Å². The standard InChI is InChI=1S/C21H26N2O2/c1-15(22-14-20(24)13-16-5-3-2-4-6-16)17-9-11-19(12-10-17)23-21(25)18-7-8-18/h2-6,9-12,15,18,20,22,24H,7-8,13-14H2,1H3,(H,23,25). The van der Waals surface area contributed by atoms with E-state index >= 15 is 0 Å². The molecule has 2 aromatic carbocycles. The second-order valence-corrected chi connectivity index (χ2v) is 6.86. The van der Waals surface area contributed by atoms with E-state index in [0.29, 0.717) is 13.0 Å². The highest BCUT2D eigenvalue weighted by molar-refractivity contribution is 5.94. The fourth-order valence-corrected chi connectivity index (χ4v) is 2.83. The Labute approximate surface area is 149 Å². The Kier molecular flexibility index (Phi) is 5.84. The molecule has 25 heavy (non-hydrogen) atoms. The molecule has 1 saturated carbocycles. The molecule has 1 amide bonds. The molecule has 2 unspecified atom stereocenters. The molecule has 0 spiro atoms. The van der Waals surface area contributed by atoms with Crippen LogP contribution in [0.25, 0.3) is 0 Å². The average molecular weight is 338 g/mol. The van der Waals surface area contributed by atoms with Crippen molar-refractivity contribution in [1.82, 2.24) is 5.32 Å². The normalized spacial score (nSPS) is 16.2. The highest BCUT2D eigenvalue weighted by Crippen LogP contribution is 2.30. The molecule has 3 rings (SSSR count). The van der Waals surface area contributed by atoms with Crippen LogP contribution in [0.1, 0.15) is 36.9 Å². The molecule has 132 valence electrons. The van der Waals surface area contributed by atoms with E-state index in [1.54, 1.807) is 0 Å². The van der Waals surface area contributed by atoms with E-state index in [1.165, 1.54) is 0 Å². The van der Waals surface area contributed by atoms with Crippen LogP contribution in [0, 0.1) is 5.92 Å². The molecule has 2 aromatic rings. The van der Waals surface area contributed by atoms with Crippen LogP contribution >= 0.6 is 0 Å². The van der Waals surface area contributed by atoms with Crippen LogP contribution in [-0.4, -0.2) is 23.7 Å². The van der Waals surface area contributed by atoms with Gasteiger partial charge in [0.1, 0.15) is 0 Å². The van der Waals surface area contributed by atoms with Crippen molar-refractivity contribution in [3.63, 3.8) is 0 Å². The summed E-state index contributed by atoms with van der Waals surface area (Å²) in [5, 5.41) is 16.5. The van der Waals surface area contributed by atoms with Crippen molar-refractivity contribution in [2.24, 2.45) is 5.92 Å². The smallest absolute Gasteiger partial charge is 0.227 e. The lowest BCUT2D eigenvalue weighted by molar-refractivity contribution is -0.117. The van der Waals surface area contributed by atoms with Gasteiger partial charge in [-0.25, -0.2) is 0 Å². The predicted molar refractivity (Wildman–Crippen MR) is 100 cm³/mol. The number of hydrogen-bond donors (Lipinski definition) is 3. The minimum atomic E-state index is -0.415. The molecule has 4 nitrogen and oxygen atoms in total. The molecule has 3 N–H and O–H groups in total. The lowest BCUT2D eigenvalue weighted by Crippen LogP contribution is -2.30. The molecule has 0 saturated heterocycles. The van der Waals surface area contributed by atoms with Crippen LogP contribution < -0.4 is 10.6 Å². The van der Waals surface area contributed by atoms with E-state index in [0.717, 1.165) is 29.7 Å². The summed E-state index contributed by atoms with van der Waals surface area (Å²) in [5.41, 5.74) is 3.12. The van der Waals surface area contributed by atoms with Crippen molar-refractivity contribution in [3.8, 4) is 0 Å². The maximum atomic E-state index is 11.8. The zero-order valence-electron chi connectivity index (χ0n) is 14.6. The number of aliphatic hydroxyl groups excluding tert-OH is 1. The van der Waals surface area contributed by atoms with Gasteiger partial charge in [0.25, 0.3) is 0 Å². The molecule has 2 atom stereocenters. The summed E-state index contributed by atoms with van der Waals surface area (Å²) in [6.07, 6.45) is 2.25. The number of hydrogen-bond acceptors (Lipinski definition) is 3. The molecular weight excluding hydrogens is 312 g/mol. The Hall–Kier alpha value is -2.17. The van der Waals surface area contributed by atoms with E-state index < -0.39 is 6.10 Å². The van der Waals surface area contributed by atoms with Gasteiger partial charge in [0, 0.05) is 24.2 Å². The van der Waals surface area contributed by atoms with Gasteiger partial charge in [-0.3, -0.25) is 4.79 Å². The third kappa shape index (κ3) is 5.41. The van der Waals surface area contributed by atoms with Gasteiger partial charge in [-0.05, 0) is 49.4 Å². The van der Waals surface area contributed by atoms with Gasteiger partial charge in [0.15, 0.2) is 0 Å². The first-order valence-electron chi connectivity index (χ1n) is 8.98. The molecule has 0 radical (unpaired) electrons. The van der Waals surface area contributed by atoms with Crippen molar-refractivity contribution in [2.75, 3.05) is 11.9 Å². The summed E-state index contributed by atoms with van der Waals surface area (Å²) in [6, 6.07) is 18.1. The lowest BCUT2D eigenvalue weighted by Gasteiger charge is -2.18. The van der Waals surface area contributed by atoms with E-state index in [9.17, 15) is 9.90 Å². The first-order chi connectivity index (χ1) is 12.1. The highest BCUT2D eigenvalue weighted by atomic mass is 16.3. The Morgan fingerprint density at radius 3 is 2.44 bits per heavy atom. The summed E-state index contributed by atoms with van der Waals surface area (Å²) in [4.78, 5) is 11.8. The molecule has 0 bridgehead atoms. The molecule has 1 fully saturated rings. The monoisotopic (exact) mass is 338 g/mol. The van der Waals surface area contributed by atoms with Crippen LogP contribution in [0.5, 0.6) is 0 Å². The number of nitrogens with one attached hydrogen (secondary N) is 2. The maximum Gasteiger partial charge on any atom is 0.227 e. The summed E-state index contributed by atoms with van der Waals surface area (Å²) in [5.74, 6) is 0.342. The fraction of sp³-hybridized carbons (Fsp3) is 0.381. The van der Waals surface area contributed by atoms with Crippen LogP contribution in [0.4, 0.5) is 5.69 Å². The second kappa shape index (κ2) is 8.28. The minimum Gasteiger partial charge on any atom is -0.391 e. The molecule has 1 aliphatic carbocycles. The number of aliphatic hydroxyl groups is 1. The van der Waals surface area contributed by atoms with Gasteiger partial charge in [0.2, 0.25) is 5.91 Å². The van der Waals surface area contributed by atoms with Gasteiger partial charge in [-0.15, -0.1) is 0 Å². The van der Waals surface area contributed by atoms with Crippen molar-refractivity contribution >= 4 is 11.6 Å². The molecule has 0 heterocycles. The number of anilines is 1. The molecular formula is C21H26N2O2. The first kappa shape index (κ1) is 17.6. The summed E-state index contributed by atoms with van der Waals surface area (Å²) in [6.45, 7) is 2.61. The zero-order chi connectivity index (χ0) is 17.6. The summed E-state index contributed by atoms with van der Waals surface area (Å²) in [7, 11) is 0. The largest absolute Gasteiger partial charge is 0.391 e. The Morgan fingerprint density at radius 2 is 1.80 bits per heavy atom. The fourth-order valence-electron chi connectivity index (χ4n) is 2.83. The summed E-state index contributed by atoms with van der Waals surface area (Å²) < 4.78 is 0. The van der Waals surface area contributed by atoms with E-state index in [-0.39, 0.29) is 17.9 Å². The minimum absolute atomic E-state index is 0.128. The predicted octanol–water partition coefficient (Wildman–Crippen LogP) is 3.29. The number of carbonyl (C=O) groups is 1. The van der Waals surface area contributed by atoms with Crippen LogP contribution in [0.2, 0.25) is 0 Å². The van der Waals surface area contributed by atoms with Crippen molar-refractivity contribution < 1.29 is 9.90 Å². The molecule has 0 aliphatic heterocycles. The number of amides is 1. The van der Waals surface area contributed by atoms with Gasteiger partial charge >= 0.3 is 0 Å². The Morgan fingerprint density at radius 1 is 1.12 bits per heavy atom. The number of benzene rings is 2. The van der Waals surface area contributed by atoms with Crippen LogP contribution in [-0.2, 0) is 11.2 Å². The molecule has 4 heteroatoms. The first-order valence-corrected chi connectivity index (χ1v) is 8.98. The highest BCUT2D eigenvalue weighted by Gasteiger charge is 2.29. The van der Waals surface area contributed by atoms with E-state index in [2.05, 4.69) is 17.6 Å². The van der Waals surface area contributed by atoms with Gasteiger partial charge in [0.05, 0.1) is 6.10 Å². The van der Waals surface area contributed by atoms with Gasteiger partial charge < -0.3 is 15.7 Å². The molecule has 1 aliphatic rings. The van der Waals surface area contributed by atoms with Crippen LogP contribution in [0.15, 0.2) is 54.6 Å². The van der Waals surface area contributed by atoms with Gasteiger partial charge in [-0.1, -0.05) is 42.5 Å². The van der Waals surface area contributed by atoms with Crippen molar-refractivity contribution in [1.29, 1.82) is 0 Å². The van der Waals surface area contributed by atoms with Crippen molar-refractivity contribution in [2.45, 2.75) is 38.3 Å². The Balaban J connectivity index is 1.45. The average Bonchev–Trinajstić information content (AvgIpc) is 3.46. The lowest BCUT2D eigenvalue weighted by atomic mass is 10.1. The van der Waals surface area contributed by atoms with E-state index in [4.69, 9.17) is 0 Å². The Bertz CT molecular complexity index is 681. The SMILES string of the molecule is CC(NCC(O)Cc1ccccc1)c1ccc(NC(=O)C2CC2)cc1. The third-order valence-corrected chi connectivity index (χ3v) is 4.60. The number of carbonyl (C=O) groups excluding carboxylic acids is 1. The quantitative estimate of drug-likeness (QED) is 0.692. The van der Waals surface area contributed by atoms with Crippen molar-refractivity contribution in [3.05, 3.63) is 65.7 Å². The zero-order valence-corrected chi connectivity index (χ0v) is 14.6. The van der Waals surface area contributed by atoms with E-state index in [1.807, 2.05) is 54.6 Å². The topological polar surface area (TPSA) is 61.4 Å². The second-order valence-electron chi connectivity index (χ2n) is 6.86. The maximum absolute atomic E-state index is 11.8. The van der Waals surface area contributed by atoms with Crippen LogP contribution in [0.3, 0.4) is 0 Å².